The van der Waals surface area contributed by atoms with Crippen LogP contribution in [0, 0.1) is 0 Å². The van der Waals surface area contributed by atoms with Crippen LogP contribution in [0.5, 0.6) is 0 Å². The van der Waals surface area contributed by atoms with Gasteiger partial charge in [0.15, 0.2) is 0 Å². The lowest BCUT2D eigenvalue weighted by atomic mass is 10.1. The molecule has 2 unspecified atom stereocenters. The van der Waals surface area contributed by atoms with Crippen molar-refractivity contribution >= 4 is 5.97 Å². The summed E-state index contributed by atoms with van der Waals surface area (Å²) in [6, 6.07) is 0. The fraction of sp³-hybridized carbons (Fsp3) is 0.938. The maximum absolute atomic E-state index is 11.1. The third-order valence-electron chi connectivity index (χ3n) is 3.81. The van der Waals surface area contributed by atoms with Crippen LogP contribution in [-0.4, -0.2) is 36.5 Å². The van der Waals surface area contributed by atoms with E-state index in [4.69, 9.17) is 14.6 Å². The van der Waals surface area contributed by atoms with Gasteiger partial charge in [-0.15, -0.1) is 0 Å². The molecule has 0 aromatic carbocycles. The Hall–Kier alpha value is -0.610. The number of carbonyl (C=O) groups excluding carboxylic acids is 1. The van der Waals surface area contributed by atoms with E-state index < -0.39 is 0 Å². The second-order valence-electron chi connectivity index (χ2n) is 5.69. The SMILES string of the molecule is CC1OC1CCCCCCCCCCC(=O)OCCO. The number of esters is 1. The van der Waals surface area contributed by atoms with Crippen molar-refractivity contribution < 1.29 is 19.4 Å². The molecule has 1 saturated heterocycles. The highest BCUT2D eigenvalue weighted by Gasteiger charge is 2.32. The van der Waals surface area contributed by atoms with Crippen molar-refractivity contribution in [1.82, 2.24) is 0 Å². The van der Waals surface area contributed by atoms with Gasteiger partial charge in [-0.05, 0) is 19.8 Å². The van der Waals surface area contributed by atoms with Crippen LogP contribution in [0.2, 0.25) is 0 Å². The molecule has 0 aliphatic carbocycles. The molecule has 1 rings (SSSR count). The quantitative estimate of drug-likeness (QED) is 0.321. The summed E-state index contributed by atoms with van der Waals surface area (Å²) in [7, 11) is 0. The summed E-state index contributed by atoms with van der Waals surface area (Å²) in [5.74, 6) is -0.185. The number of aliphatic hydroxyl groups excluding tert-OH is 1. The lowest BCUT2D eigenvalue weighted by Crippen LogP contribution is -2.07. The number of epoxide rings is 1. The van der Waals surface area contributed by atoms with E-state index in [2.05, 4.69) is 6.92 Å². The summed E-state index contributed by atoms with van der Waals surface area (Å²) in [5.41, 5.74) is 0. The Morgan fingerprint density at radius 2 is 1.60 bits per heavy atom. The molecule has 1 fully saturated rings. The van der Waals surface area contributed by atoms with Gasteiger partial charge in [0.05, 0.1) is 18.8 Å². The smallest absolute Gasteiger partial charge is 0.305 e. The molecule has 0 saturated carbocycles. The normalized spacial score (nSPS) is 20.9. The van der Waals surface area contributed by atoms with E-state index in [1.165, 1.54) is 44.9 Å². The summed E-state index contributed by atoms with van der Waals surface area (Å²) in [5, 5.41) is 8.51. The van der Waals surface area contributed by atoms with Crippen LogP contribution in [-0.2, 0) is 14.3 Å². The molecule has 0 bridgehead atoms. The van der Waals surface area contributed by atoms with Crippen LogP contribution in [0.4, 0.5) is 0 Å². The second-order valence-corrected chi connectivity index (χ2v) is 5.69. The van der Waals surface area contributed by atoms with Crippen LogP contribution in [0.15, 0.2) is 0 Å². The van der Waals surface area contributed by atoms with Gasteiger partial charge >= 0.3 is 5.97 Å². The molecule has 4 nitrogen and oxygen atoms in total. The van der Waals surface area contributed by atoms with E-state index in [1.807, 2.05) is 0 Å². The van der Waals surface area contributed by atoms with Crippen molar-refractivity contribution in [2.75, 3.05) is 13.2 Å². The van der Waals surface area contributed by atoms with Crippen LogP contribution in [0.1, 0.15) is 71.1 Å². The van der Waals surface area contributed by atoms with Crippen LogP contribution < -0.4 is 0 Å². The number of rotatable bonds is 13. The highest BCUT2D eigenvalue weighted by molar-refractivity contribution is 5.69. The Morgan fingerprint density at radius 3 is 2.15 bits per heavy atom. The number of carbonyl (C=O) groups is 1. The number of ether oxygens (including phenoxy) is 2. The summed E-state index contributed by atoms with van der Waals surface area (Å²) in [6.45, 7) is 2.19. The Kier molecular flexibility index (Phi) is 9.67. The van der Waals surface area contributed by atoms with E-state index in [9.17, 15) is 4.79 Å². The molecule has 1 aliphatic heterocycles. The van der Waals surface area contributed by atoms with Gasteiger partial charge in [-0.25, -0.2) is 0 Å². The van der Waals surface area contributed by atoms with E-state index in [0.717, 1.165) is 12.8 Å². The average Bonchev–Trinajstić information content (AvgIpc) is 3.14. The topological polar surface area (TPSA) is 59.1 Å². The molecule has 118 valence electrons. The number of aliphatic hydroxyl groups is 1. The van der Waals surface area contributed by atoms with Crippen molar-refractivity contribution in [3.63, 3.8) is 0 Å². The van der Waals surface area contributed by atoms with E-state index in [1.54, 1.807) is 0 Å². The maximum Gasteiger partial charge on any atom is 0.305 e. The molecule has 0 spiro atoms. The van der Waals surface area contributed by atoms with Gasteiger partial charge in [0.25, 0.3) is 0 Å². The molecule has 1 N–H and O–H groups in total. The monoisotopic (exact) mass is 286 g/mol. The largest absolute Gasteiger partial charge is 0.463 e. The maximum atomic E-state index is 11.1. The molecule has 4 heteroatoms. The van der Waals surface area contributed by atoms with Crippen LogP contribution in [0.3, 0.4) is 0 Å². The van der Waals surface area contributed by atoms with Crippen molar-refractivity contribution in [3.8, 4) is 0 Å². The van der Waals surface area contributed by atoms with E-state index in [0.29, 0.717) is 18.6 Å². The second kappa shape index (κ2) is 11.1. The summed E-state index contributed by atoms with van der Waals surface area (Å²) in [4.78, 5) is 11.1. The zero-order valence-electron chi connectivity index (χ0n) is 12.8. The third kappa shape index (κ3) is 9.32. The highest BCUT2D eigenvalue weighted by atomic mass is 16.6. The molecule has 20 heavy (non-hydrogen) atoms. The molecule has 1 aliphatic rings. The van der Waals surface area contributed by atoms with Gasteiger partial charge in [-0.2, -0.15) is 0 Å². The zero-order chi connectivity index (χ0) is 14.6. The predicted molar refractivity (Wildman–Crippen MR) is 78.5 cm³/mol. The first-order chi connectivity index (χ1) is 9.74. The minimum absolute atomic E-state index is 0.0858. The first-order valence-corrected chi connectivity index (χ1v) is 8.16. The Morgan fingerprint density at radius 1 is 1.05 bits per heavy atom. The third-order valence-corrected chi connectivity index (χ3v) is 3.81. The summed E-state index contributed by atoms with van der Waals surface area (Å²) in [6.07, 6.45) is 12.5. The summed E-state index contributed by atoms with van der Waals surface area (Å²) < 4.78 is 10.2. The molecular formula is C16H30O4. The lowest BCUT2D eigenvalue weighted by molar-refractivity contribution is -0.144. The number of hydrogen-bond acceptors (Lipinski definition) is 4. The average molecular weight is 286 g/mol. The predicted octanol–water partition coefficient (Wildman–Crippen LogP) is 3.21. The van der Waals surface area contributed by atoms with E-state index >= 15 is 0 Å². The zero-order valence-corrected chi connectivity index (χ0v) is 12.8. The minimum atomic E-state index is -0.185. The molecule has 0 radical (unpaired) electrons. The molecule has 0 aromatic heterocycles. The van der Waals surface area contributed by atoms with Crippen molar-refractivity contribution in [2.24, 2.45) is 0 Å². The molecule has 1 heterocycles. The Bertz CT molecular complexity index is 255. The van der Waals surface area contributed by atoms with Crippen molar-refractivity contribution in [3.05, 3.63) is 0 Å². The van der Waals surface area contributed by atoms with Gasteiger partial charge in [0.2, 0.25) is 0 Å². The van der Waals surface area contributed by atoms with Gasteiger partial charge in [-0.3, -0.25) is 4.79 Å². The van der Waals surface area contributed by atoms with Crippen molar-refractivity contribution in [1.29, 1.82) is 0 Å². The van der Waals surface area contributed by atoms with E-state index in [-0.39, 0.29) is 19.2 Å². The summed E-state index contributed by atoms with van der Waals surface area (Å²) >= 11 is 0. The van der Waals surface area contributed by atoms with Gasteiger partial charge in [-0.1, -0.05) is 44.9 Å². The molecule has 0 aromatic rings. The number of hydrogen-bond donors (Lipinski definition) is 1. The first kappa shape index (κ1) is 17.4. The van der Waals surface area contributed by atoms with Gasteiger partial charge < -0.3 is 14.6 Å². The lowest BCUT2D eigenvalue weighted by Gasteiger charge is -2.03. The van der Waals surface area contributed by atoms with Gasteiger partial charge in [0, 0.05) is 6.42 Å². The van der Waals surface area contributed by atoms with Crippen LogP contribution >= 0.6 is 0 Å². The van der Waals surface area contributed by atoms with Crippen LogP contribution in [0.25, 0.3) is 0 Å². The highest BCUT2D eigenvalue weighted by Crippen LogP contribution is 2.26. The molecular weight excluding hydrogens is 256 g/mol. The molecule has 0 amide bonds. The minimum Gasteiger partial charge on any atom is -0.463 e. The standard InChI is InChI=1S/C16H30O4/c1-14-15(20-14)10-8-6-4-2-3-5-7-9-11-16(18)19-13-12-17/h14-15,17H,2-13H2,1H3. The first-order valence-electron chi connectivity index (χ1n) is 8.16. The Labute approximate surface area is 122 Å². The van der Waals surface area contributed by atoms with Crippen molar-refractivity contribution in [2.45, 2.75) is 83.3 Å². The van der Waals surface area contributed by atoms with Gasteiger partial charge in [0.1, 0.15) is 6.61 Å². The molecule has 2 atom stereocenters. The fourth-order valence-corrected chi connectivity index (χ4v) is 2.44. The Balaban J connectivity index is 1.71. The number of unbranched alkanes of at least 4 members (excludes halogenated alkanes) is 7. The fourth-order valence-electron chi connectivity index (χ4n) is 2.44.